The van der Waals surface area contributed by atoms with Crippen LogP contribution in [0.1, 0.15) is 11.1 Å². The number of piperazine rings is 1. The fraction of sp³-hybridized carbons (Fsp3) is 0.462. The highest BCUT2D eigenvalue weighted by molar-refractivity contribution is 5.82. The van der Waals surface area contributed by atoms with Crippen molar-refractivity contribution < 1.29 is 4.79 Å². The van der Waals surface area contributed by atoms with E-state index < -0.39 is 0 Å². The normalized spacial score (nSPS) is 16.8. The lowest BCUT2D eigenvalue weighted by atomic mass is 10.1. The summed E-state index contributed by atoms with van der Waals surface area (Å²) in [5, 5.41) is 0. The Balaban J connectivity index is 2.22. The summed E-state index contributed by atoms with van der Waals surface area (Å²) in [7, 11) is 1.86. The van der Waals surface area contributed by atoms with Crippen LogP contribution in [0.2, 0.25) is 0 Å². The molecule has 2 rings (SSSR count). The van der Waals surface area contributed by atoms with Gasteiger partial charge in [0.25, 0.3) is 0 Å². The molecule has 0 aliphatic carbocycles. The van der Waals surface area contributed by atoms with Crippen LogP contribution in [0.5, 0.6) is 0 Å². The van der Waals surface area contributed by atoms with E-state index in [0.29, 0.717) is 6.54 Å². The van der Waals surface area contributed by atoms with Gasteiger partial charge in [-0.2, -0.15) is 0 Å². The van der Waals surface area contributed by atoms with Gasteiger partial charge in [-0.25, -0.2) is 0 Å². The Kier molecular flexibility index (Phi) is 2.86. The van der Waals surface area contributed by atoms with Crippen molar-refractivity contribution in [2.24, 2.45) is 0 Å². The van der Waals surface area contributed by atoms with Gasteiger partial charge in [-0.3, -0.25) is 4.79 Å². The molecule has 1 fully saturated rings. The molecule has 1 heterocycles. The summed E-state index contributed by atoms with van der Waals surface area (Å²) in [5.74, 6) is 0.200. The molecule has 3 nitrogen and oxygen atoms in total. The van der Waals surface area contributed by atoms with Crippen LogP contribution in [0.15, 0.2) is 18.2 Å². The third-order valence-corrected chi connectivity index (χ3v) is 3.15. The maximum atomic E-state index is 11.6. The zero-order chi connectivity index (χ0) is 11.7. The zero-order valence-electron chi connectivity index (χ0n) is 10.2. The summed E-state index contributed by atoms with van der Waals surface area (Å²) in [6, 6.07) is 6.38. The van der Waals surface area contributed by atoms with Crippen LogP contribution in [0.3, 0.4) is 0 Å². The van der Waals surface area contributed by atoms with Gasteiger partial charge in [0, 0.05) is 25.8 Å². The van der Waals surface area contributed by atoms with Crippen molar-refractivity contribution in [3.05, 3.63) is 29.3 Å². The molecule has 1 aromatic carbocycles. The number of hydrogen-bond donors (Lipinski definition) is 0. The molecule has 3 heteroatoms. The van der Waals surface area contributed by atoms with Crippen LogP contribution in [-0.4, -0.2) is 37.5 Å². The number of aryl methyl sites for hydroxylation is 2. The number of benzene rings is 1. The molecule has 0 radical (unpaired) electrons. The molecule has 0 N–H and O–H groups in total. The van der Waals surface area contributed by atoms with Gasteiger partial charge in [0.15, 0.2) is 0 Å². The van der Waals surface area contributed by atoms with Crippen molar-refractivity contribution in [2.45, 2.75) is 13.8 Å². The Morgan fingerprint density at radius 1 is 1.19 bits per heavy atom. The molecule has 1 aromatic rings. The van der Waals surface area contributed by atoms with Crippen molar-refractivity contribution in [2.75, 3.05) is 31.6 Å². The molecule has 0 unspecified atom stereocenters. The number of amides is 1. The van der Waals surface area contributed by atoms with Crippen molar-refractivity contribution in [3.63, 3.8) is 0 Å². The van der Waals surface area contributed by atoms with Crippen LogP contribution in [0, 0.1) is 13.8 Å². The number of likely N-dealkylation sites (N-methyl/N-ethyl adjacent to an activating group) is 1. The molecule has 0 aromatic heterocycles. The molecule has 1 aliphatic rings. The second-order valence-corrected chi connectivity index (χ2v) is 4.53. The first kappa shape index (κ1) is 11.0. The van der Waals surface area contributed by atoms with E-state index in [-0.39, 0.29) is 5.91 Å². The van der Waals surface area contributed by atoms with Gasteiger partial charge in [-0.15, -0.1) is 0 Å². The zero-order valence-corrected chi connectivity index (χ0v) is 10.2. The van der Waals surface area contributed by atoms with E-state index in [1.165, 1.54) is 16.8 Å². The van der Waals surface area contributed by atoms with E-state index in [1.807, 2.05) is 7.05 Å². The van der Waals surface area contributed by atoms with Gasteiger partial charge in [-0.05, 0) is 25.5 Å². The van der Waals surface area contributed by atoms with Gasteiger partial charge in [0.1, 0.15) is 0 Å². The lowest BCUT2D eigenvalue weighted by molar-refractivity contribution is -0.129. The third kappa shape index (κ3) is 2.03. The van der Waals surface area contributed by atoms with E-state index in [9.17, 15) is 4.79 Å². The van der Waals surface area contributed by atoms with Crippen molar-refractivity contribution >= 4 is 11.6 Å². The first-order valence-corrected chi connectivity index (χ1v) is 5.64. The Morgan fingerprint density at radius 3 is 2.56 bits per heavy atom. The van der Waals surface area contributed by atoms with Gasteiger partial charge in [0.05, 0.1) is 6.54 Å². The number of carbonyl (C=O) groups excluding carboxylic acids is 1. The van der Waals surface area contributed by atoms with E-state index in [2.05, 4.69) is 36.9 Å². The van der Waals surface area contributed by atoms with Gasteiger partial charge < -0.3 is 9.80 Å². The quantitative estimate of drug-likeness (QED) is 0.714. The van der Waals surface area contributed by atoms with Gasteiger partial charge >= 0.3 is 0 Å². The first-order valence-electron chi connectivity index (χ1n) is 5.64. The van der Waals surface area contributed by atoms with Gasteiger partial charge in [0.2, 0.25) is 5.91 Å². The molecule has 86 valence electrons. The van der Waals surface area contributed by atoms with Crippen LogP contribution in [0.4, 0.5) is 5.69 Å². The predicted octanol–water partition coefficient (Wildman–Crippen LogP) is 1.58. The van der Waals surface area contributed by atoms with Crippen molar-refractivity contribution in [3.8, 4) is 0 Å². The molecule has 0 bridgehead atoms. The van der Waals surface area contributed by atoms with Crippen LogP contribution >= 0.6 is 0 Å². The highest BCUT2D eigenvalue weighted by atomic mass is 16.2. The molecule has 0 saturated carbocycles. The Labute approximate surface area is 96.7 Å². The van der Waals surface area contributed by atoms with Crippen molar-refractivity contribution in [1.82, 2.24) is 4.90 Å². The largest absolute Gasteiger partial charge is 0.360 e. The standard InChI is InChI=1S/C13H18N2O/c1-10-4-5-12(11(2)8-10)15-7-6-14(3)13(16)9-15/h4-5,8H,6-7,9H2,1-3H3. The maximum Gasteiger partial charge on any atom is 0.241 e. The highest BCUT2D eigenvalue weighted by Crippen LogP contribution is 2.22. The topological polar surface area (TPSA) is 23.6 Å². The maximum absolute atomic E-state index is 11.6. The molecule has 16 heavy (non-hydrogen) atoms. The number of hydrogen-bond acceptors (Lipinski definition) is 2. The Hall–Kier alpha value is -1.51. The van der Waals surface area contributed by atoms with Gasteiger partial charge in [-0.1, -0.05) is 17.7 Å². The second-order valence-electron chi connectivity index (χ2n) is 4.53. The van der Waals surface area contributed by atoms with E-state index in [0.717, 1.165) is 13.1 Å². The van der Waals surface area contributed by atoms with E-state index in [4.69, 9.17) is 0 Å². The summed E-state index contributed by atoms with van der Waals surface area (Å²) < 4.78 is 0. The number of rotatable bonds is 1. The minimum Gasteiger partial charge on any atom is -0.360 e. The predicted molar refractivity (Wildman–Crippen MR) is 65.8 cm³/mol. The lowest BCUT2D eigenvalue weighted by Crippen LogP contribution is -2.48. The fourth-order valence-corrected chi connectivity index (χ4v) is 2.12. The molecule has 1 amide bonds. The molecule has 1 aliphatic heterocycles. The first-order chi connectivity index (χ1) is 7.58. The summed E-state index contributed by atoms with van der Waals surface area (Å²) in [4.78, 5) is 15.6. The van der Waals surface area contributed by atoms with E-state index >= 15 is 0 Å². The number of carbonyl (C=O) groups is 1. The Bertz CT molecular complexity index is 414. The molecule has 0 spiro atoms. The van der Waals surface area contributed by atoms with Crippen molar-refractivity contribution in [1.29, 1.82) is 0 Å². The average Bonchev–Trinajstić information content (AvgIpc) is 2.22. The minimum absolute atomic E-state index is 0.200. The van der Waals surface area contributed by atoms with E-state index in [1.54, 1.807) is 4.90 Å². The molecular formula is C13H18N2O. The van der Waals surface area contributed by atoms with Crippen LogP contribution < -0.4 is 4.90 Å². The Morgan fingerprint density at radius 2 is 1.94 bits per heavy atom. The smallest absolute Gasteiger partial charge is 0.241 e. The summed E-state index contributed by atoms with van der Waals surface area (Å²) in [6.07, 6.45) is 0. The summed E-state index contributed by atoms with van der Waals surface area (Å²) >= 11 is 0. The SMILES string of the molecule is Cc1ccc(N2CCN(C)C(=O)C2)c(C)c1. The summed E-state index contributed by atoms with van der Waals surface area (Å²) in [6.45, 7) is 6.43. The third-order valence-electron chi connectivity index (χ3n) is 3.15. The molecule has 1 saturated heterocycles. The fourth-order valence-electron chi connectivity index (χ4n) is 2.12. The monoisotopic (exact) mass is 218 g/mol. The second kappa shape index (κ2) is 4.16. The molecular weight excluding hydrogens is 200 g/mol. The molecule has 0 atom stereocenters. The summed E-state index contributed by atoms with van der Waals surface area (Å²) in [5.41, 5.74) is 3.70. The lowest BCUT2D eigenvalue weighted by Gasteiger charge is -2.34. The average molecular weight is 218 g/mol. The number of nitrogens with zero attached hydrogens (tertiary/aromatic N) is 2. The van der Waals surface area contributed by atoms with Crippen LogP contribution in [-0.2, 0) is 4.79 Å². The number of anilines is 1. The highest BCUT2D eigenvalue weighted by Gasteiger charge is 2.21. The van der Waals surface area contributed by atoms with Crippen LogP contribution in [0.25, 0.3) is 0 Å². The minimum atomic E-state index is 0.200.